The van der Waals surface area contributed by atoms with Crippen LogP contribution in [-0.4, -0.2) is 12.5 Å². The predicted molar refractivity (Wildman–Crippen MR) is 104 cm³/mol. The van der Waals surface area contributed by atoms with Crippen molar-refractivity contribution in [2.45, 2.75) is 12.8 Å². The van der Waals surface area contributed by atoms with Crippen LogP contribution >= 0.6 is 0 Å². The van der Waals surface area contributed by atoms with Crippen molar-refractivity contribution in [1.82, 2.24) is 0 Å². The highest BCUT2D eigenvalue weighted by Gasteiger charge is 2.14. The Morgan fingerprint density at radius 3 is 2.65 bits per heavy atom. The van der Waals surface area contributed by atoms with Gasteiger partial charge in [-0.2, -0.15) is 0 Å². The molecule has 0 aromatic heterocycles. The van der Waals surface area contributed by atoms with E-state index in [4.69, 9.17) is 4.74 Å². The molecule has 2 N–H and O–H groups in total. The maximum absolute atomic E-state index is 12.7. The van der Waals surface area contributed by atoms with Gasteiger partial charge in [-0.15, -0.1) is 0 Å². The maximum atomic E-state index is 12.7. The third kappa shape index (κ3) is 3.54. The van der Waals surface area contributed by atoms with Crippen LogP contribution in [0, 0.1) is 0 Å². The summed E-state index contributed by atoms with van der Waals surface area (Å²) in [6.07, 6.45) is 2.09. The molecule has 0 saturated carbocycles. The highest BCUT2D eigenvalue weighted by molar-refractivity contribution is 6.05. The summed E-state index contributed by atoms with van der Waals surface area (Å²) in [5.41, 5.74) is 3.62. The van der Waals surface area contributed by atoms with E-state index in [2.05, 4.69) is 10.6 Å². The molecule has 1 amide bonds. The Bertz CT molecular complexity index is 922. The molecule has 0 saturated heterocycles. The Morgan fingerprint density at radius 1 is 0.962 bits per heavy atom. The van der Waals surface area contributed by atoms with Crippen LogP contribution in [0.2, 0.25) is 0 Å². The zero-order valence-corrected chi connectivity index (χ0v) is 14.4. The number of aryl methyl sites for hydroxylation is 1. The van der Waals surface area contributed by atoms with Gasteiger partial charge < -0.3 is 15.4 Å². The summed E-state index contributed by atoms with van der Waals surface area (Å²) >= 11 is 0. The van der Waals surface area contributed by atoms with E-state index in [1.54, 1.807) is 0 Å². The normalized spacial score (nSPS) is 12.6. The molecule has 3 aromatic carbocycles. The number of amides is 1. The van der Waals surface area contributed by atoms with Crippen LogP contribution in [0.25, 0.3) is 0 Å². The Balaban J connectivity index is 1.55. The highest BCUT2D eigenvalue weighted by Crippen LogP contribution is 2.30. The lowest BCUT2D eigenvalue weighted by atomic mass is 10.0. The molecule has 0 unspecified atom stereocenters. The fourth-order valence-electron chi connectivity index (χ4n) is 3.09. The van der Waals surface area contributed by atoms with Gasteiger partial charge in [0.05, 0.1) is 5.69 Å². The zero-order chi connectivity index (χ0) is 17.8. The van der Waals surface area contributed by atoms with E-state index >= 15 is 0 Å². The van der Waals surface area contributed by atoms with Crippen molar-refractivity contribution in [2.75, 3.05) is 17.2 Å². The van der Waals surface area contributed by atoms with E-state index in [0.717, 1.165) is 30.8 Å². The summed E-state index contributed by atoms with van der Waals surface area (Å²) < 4.78 is 5.91. The molecule has 0 radical (unpaired) electrons. The smallest absolute Gasteiger partial charge is 0.255 e. The van der Waals surface area contributed by atoms with Gasteiger partial charge in [0.15, 0.2) is 5.75 Å². The van der Waals surface area contributed by atoms with Crippen molar-refractivity contribution in [1.29, 1.82) is 0 Å². The number of rotatable bonds is 4. The number of hydrogen-bond acceptors (Lipinski definition) is 3. The van der Waals surface area contributed by atoms with E-state index in [0.29, 0.717) is 17.0 Å². The average molecular weight is 344 g/mol. The average Bonchev–Trinajstić information content (AvgIpc) is 2.70. The van der Waals surface area contributed by atoms with Crippen LogP contribution in [0.3, 0.4) is 0 Å². The Hall–Kier alpha value is -3.27. The second kappa shape index (κ2) is 7.31. The van der Waals surface area contributed by atoms with Gasteiger partial charge in [0.2, 0.25) is 0 Å². The van der Waals surface area contributed by atoms with Gasteiger partial charge in [-0.25, -0.2) is 0 Å². The quantitative estimate of drug-likeness (QED) is 0.693. The molecule has 1 aliphatic heterocycles. The number of carbonyl (C=O) groups is 1. The summed E-state index contributed by atoms with van der Waals surface area (Å²) in [5, 5.41) is 6.33. The molecule has 26 heavy (non-hydrogen) atoms. The summed E-state index contributed by atoms with van der Waals surface area (Å²) in [4.78, 5) is 12.7. The van der Waals surface area contributed by atoms with Crippen LogP contribution < -0.4 is 15.4 Å². The molecule has 0 atom stereocenters. The third-order valence-electron chi connectivity index (χ3n) is 4.41. The fourth-order valence-corrected chi connectivity index (χ4v) is 3.09. The van der Waals surface area contributed by atoms with Crippen LogP contribution in [0.4, 0.5) is 11.4 Å². The molecule has 4 heteroatoms. The minimum absolute atomic E-state index is 0.137. The lowest BCUT2D eigenvalue weighted by molar-refractivity contribution is 0.102. The predicted octanol–water partition coefficient (Wildman–Crippen LogP) is 5.09. The first kappa shape index (κ1) is 16.2. The monoisotopic (exact) mass is 344 g/mol. The number of benzene rings is 3. The number of hydrogen-bond donors (Lipinski definition) is 2. The number of carbonyl (C=O) groups excluding carboxylic acids is 1. The standard InChI is InChI=1S/C22H20N2O2/c25-22(17-12-13-19-16(15-17)7-6-14-23-19)24-20-10-4-5-11-21(20)26-18-8-2-1-3-9-18/h1-5,8-13,15,23H,6-7,14H2,(H,24,25). The van der Waals surface area contributed by atoms with Gasteiger partial charge in [-0.05, 0) is 60.9 Å². The number of nitrogens with one attached hydrogen (secondary N) is 2. The highest BCUT2D eigenvalue weighted by atomic mass is 16.5. The lowest BCUT2D eigenvalue weighted by Gasteiger charge is -2.18. The minimum Gasteiger partial charge on any atom is -0.455 e. The zero-order valence-electron chi connectivity index (χ0n) is 14.4. The third-order valence-corrected chi connectivity index (χ3v) is 4.41. The molecule has 0 bridgehead atoms. The van der Waals surface area contributed by atoms with Crippen molar-refractivity contribution < 1.29 is 9.53 Å². The van der Waals surface area contributed by atoms with Crippen LogP contribution in [0.15, 0.2) is 72.8 Å². The van der Waals surface area contributed by atoms with Gasteiger partial charge in [0, 0.05) is 17.8 Å². The molecule has 3 aromatic rings. The number of ether oxygens (including phenoxy) is 1. The lowest BCUT2D eigenvalue weighted by Crippen LogP contribution is -2.16. The van der Waals surface area contributed by atoms with Crippen molar-refractivity contribution in [3.63, 3.8) is 0 Å². The van der Waals surface area contributed by atoms with Crippen molar-refractivity contribution in [2.24, 2.45) is 0 Å². The first-order valence-corrected chi connectivity index (χ1v) is 8.80. The van der Waals surface area contributed by atoms with Crippen molar-refractivity contribution in [3.8, 4) is 11.5 Å². The Labute approximate surface area is 152 Å². The summed E-state index contributed by atoms with van der Waals surface area (Å²) in [6, 6.07) is 22.8. The molecule has 0 aliphatic carbocycles. The van der Waals surface area contributed by atoms with Gasteiger partial charge in [0.25, 0.3) is 5.91 Å². The summed E-state index contributed by atoms with van der Waals surface area (Å²) in [5.74, 6) is 1.21. The molecular formula is C22H20N2O2. The molecular weight excluding hydrogens is 324 g/mol. The maximum Gasteiger partial charge on any atom is 0.255 e. The van der Waals surface area contributed by atoms with E-state index < -0.39 is 0 Å². The fraction of sp³-hybridized carbons (Fsp3) is 0.136. The summed E-state index contributed by atoms with van der Waals surface area (Å²) in [6.45, 7) is 0.989. The first-order valence-electron chi connectivity index (χ1n) is 8.80. The van der Waals surface area contributed by atoms with Gasteiger partial charge in [-0.3, -0.25) is 4.79 Å². The molecule has 130 valence electrons. The minimum atomic E-state index is -0.137. The van der Waals surface area contributed by atoms with E-state index in [1.165, 1.54) is 5.56 Å². The molecule has 4 nitrogen and oxygen atoms in total. The van der Waals surface area contributed by atoms with E-state index in [9.17, 15) is 4.79 Å². The van der Waals surface area contributed by atoms with E-state index in [-0.39, 0.29) is 5.91 Å². The largest absolute Gasteiger partial charge is 0.455 e. The van der Waals surface area contributed by atoms with Crippen LogP contribution in [0.5, 0.6) is 11.5 Å². The molecule has 0 spiro atoms. The summed E-state index contributed by atoms with van der Waals surface area (Å²) in [7, 11) is 0. The van der Waals surface area contributed by atoms with Gasteiger partial charge in [-0.1, -0.05) is 30.3 Å². The SMILES string of the molecule is O=C(Nc1ccccc1Oc1ccccc1)c1ccc2c(c1)CCCN2. The van der Waals surface area contributed by atoms with Crippen molar-refractivity contribution >= 4 is 17.3 Å². The van der Waals surface area contributed by atoms with Crippen molar-refractivity contribution in [3.05, 3.63) is 83.9 Å². The number of anilines is 2. The Morgan fingerprint density at radius 2 is 1.77 bits per heavy atom. The number of fused-ring (bicyclic) bond motifs is 1. The topological polar surface area (TPSA) is 50.4 Å². The molecule has 4 rings (SSSR count). The van der Waals surface area contributed by atoms with Crippen LogP contribution in [0.1, 0.15) is 22.3 Å². The molecule has 1 aliphatic rings. The second-order valence-corrected chi connectivity index (χ2v) is 6.27. The molecule has 0 fully saturated rings. The second-order valence-electron chi connectivity index (χ2n) is 6.27. The first-order chi connectivity index (χ1) is 12.8. The van der Waals surface area contributed by atoms with Gasteiger partial charge in [0.1, 0.15) is 5.75 Å². The van der Waals surface area contributed by atoms with E-state index in [1.807, 2.05) is 72.8 Å². The van der Waals surface area contributed by atoms with Gasteiger partial charge >= 0.3 is 0 Å². The number of para-hydroxylation sites is 3. The Kier molecular flexibility index (Phi) is 4.56. The molecule has 1 heterocycles. The van der Waals surface area contributed by atoms with Crippen LogP contribution in [-0.2, 0) is 6.42 Å².